The summed E-state index contributed by atoms with van der Waals surface area (Å²) in [5.41, 5.74) is 7.13. The molecule has 2 N–H and O–H groups in total. The van der Waals surface area contributed by atoms with Gasteiger partial charge in [-0.25, -0.2) is 4.98 Å². The number of rotatable bonds is 5. The van der Waals surface area contributed by atoms with Crippen LogP contribution in [0.1, 0.15) is 18.3 Å². The first kappa shape index (κ1) is 15.5. The molecule has 6 nitrogen and oxygen atoms in total. The van der Waals surface area contributed by atoms with Crippen LogP contribution in [0, 0.1) is 6.92 Å². The van der Waals surface area contributed by atoms with E-state index in [0.717, 1.165) is 5.56 Å². The molecule has 21 heavy (non-hydrogen) atoms. The van der Waals surface area contributed by atoms with Gasteiger partial charge in [0, 0.05) is 26.3 Å². The highest BCUT2D eigenvalue weighted by Crippen LogP contribution is 2.23. The van der Waals surface area contributed by atoms with E-state index in [9.17, 15) is 8.42 Å². The first-order valence-electron chi connectivity index (χ1n) is 6.72. The van der Waals surface area contributed by atoms with Crippen LogP contribution in [0.3, 0.4) is 0 Å². The number of nitrogens with two attached hydrogens (primary N) is 1. The maximum atomic E-state index is 12.7. The quantitative estimate of drug-likeness (QED) is 0.905. The molecule has 0 saturated heterocycles. The summed E-state index contributed by atoms with van der Waals surface area (Å²) >= 11 is 0. The molecule has 0 amide bonds. The van der Waals surface area contributed by atoms with Crippen molar-refractivity contribution in [1.82, 2.24) is 9.55 Å². The lowest BCUT2D eigenvalue weighted by Gasteiger charge is -2.21. The van der Waals surface area contributed by atoms with Crippen molar-refractivity contribution in [3.05, 3.63) is 41.9 Å². The van der Waals surface area contributed by atoms with Gasteiger partial charge in [-0.05, 0) is 31.5 Å². The number of aryl methyl sites for hydroxylation is 2. The number of sulfonamides is 1. The van der Waals surface area contributed by atoms with Crippen LogP contribution in [0.4, 0.5) is 5.69 Å². The molecule has 1 aromatic heterocycles. The van der Waals surface area contributed by atoms with E-state index in [1.54, 1.807) is 37.6 Å². The second-order valence-corrected chi connectivity index (χ2v) is 6.59. The third-order valence-corrected chi connectivity index (χ3v) is 5.16. The zero-order chi connectivity index (χ0) is 15.6. The molecule has 0 aliphatic carbocycles. The molecule has 2 aromatic rings. The van der Waals surface area contributed by atoms with Crippen LogP contribution in [-0.4, -0.2) is 24.5 Å². The Morgan fingerprint density at radius 3 is 2.33 bits per heavy atom. The highest BCUT2D eigenvalue weighted by molar-refractivity contribution is 7.92. The number of benzene rings is 1. The molecule has 1 heterocycles. The number of nitrogens with zero attached hydrogens (tertiary/aromatic N) is 3. The monoisotopic (exact) mass is 308 g/mol. The molecule has 0 spiro atoms. The van der Waals surface area contributed by atoms with Crippen molar-refractivity contribution in [2.75, 3.05) is 10.8 Å². The van der Waals surface area contributed by atoms with Gasteiger partial charge in [0.2, 0.25) is 0 Å². The van der Waals surface area contributed by atoms with Crippen LogP contribution in [-0.2, 0) is 23.6 Å². The molecular weight excluding hydrogens is 288 g/mol. The molecule has 114 valence electrons. The van der Waals surface area contributed by atoms with Gasteiger partial charge in [0.15, 0.2) is 5.03 Å². The van der Waals surface area contributed by atoms with E-state index in [4.69, 9.17) is 5.73 Å². The van der Waals surface area contributed by atoms with Gasteiger partial charge in [-0.3, -0.25) is 4.31 Å². The van der Waals surface area contributed by atoms with Crippen molar-refractivity contribution in [1.29, 1.82) is 0 Å². The average Bonchev–Trinajstić information content (AvgIpc) is 2.81. The fourth-order valence-corrected chi connectivity index (χ4v) is 3.56. The molecule has 0 atom stereocenters. The van der Waals surface area contributed by atoms with E-state index in [1.807, 2.05) is 12.1 Å². The summed E-state index contributed by atoms with van der Waals surface area (Å²) < 4.78 is 28.5. The van der Waals surface area contributed by atoms with Gasteiger partial charge < -0.3 is 10.3 Å². The van der Waals surface area contributed by atoms with Crippen LogP contribution in [0.5, 0.6) is 0 Å². The van der Waals surface area contributed by atoms with Crippen LogP contribution in [0.25, 0.3) is 0 Å². The standard InChI is InChI=1S/C14H20N4O2S/c1-4-18(13-7-5-12(9-15)6-8-13)21(19,20)14-10-17(3)11(2)16-14/h5-8,10H,4,9,15H2,1-3H3. The van der Waals surface area contributed by atoms with Crippen molar-refractivity contribution in [3.63, 3.8) is 0 Å². The Morgan fingerprint density at radius 2 is 1.90 bits per heavy atom. The topological polar surface area (TPSA) is 81.2 Å². The van der Waals surface area contributed by atoms with Crippen molar-refractivity contribution in [2.45, 2.75) is 25.4 Å². The number of aromatic nitrogens is 2. The Bertz CT molecular complexity index is 700. The predicted molar refractivity (Wildman–Crippen MR) is 82.5 cm³/mol. The van der Waals surface area contributed by atoms with E-state index < -0.39 is 10.0 Å². The Balaban J connectivity index is 2.43. The normalized spacial score (nSPS) is 11.6. The summed E-state index contributed by atoms with van der Waals surface area (Å²) in [6.45, 7) is 4.33. The largest absolute Gasteiger partial charge is 0.337 e. The summed E-state index contributed by atoms with van der Waals surface area (Å²) in [7, 11) is -1.88. The maximum absolute atomic E-state index is 12.7. The van der Waals surface area contributed by atoms with Gasteiger partial charge in [0.1, 0.15) is 5.82 Å². The van der Waals surface area contributed by atoms with Gasteiger partial charge in [-0.15, -0.1) is 0 Å². The maximum Gasteiger partial charge on any atom is 0.283 e. The van der Waals surface area contributed by atoms with E-state index in [2.05, 4.69) is 4.98 Å². The van der Waals surface area contributed by atoms with Crippen LogP contribution < -0.4 is 10.0 Å². The predicted octanol–water partition coefficient (Wildman–Crippen LogP) is 1.40. The molecule has 0 radical (unpaired) electrons. The molecule has 0 unspecified atom stereocenters. The van der Waals surface area contributed by atoms with E-state index >= 15 is 0 Å². The molecule has 0 aliphatic heterocycles. The third-order valence-electron chi connectivity index (χ3n) is 3.39. The second-order valence-electron chi connectivity index (χ2n) is 4.78. The van der Waals surface area contributed by atoms with Crippen molar-refractivity contribution < 1.29 is 8.42 Å². The van der Waals surface area contributed by atoms with Gasteiger partial charge in [-0.1, -0.05) is 12.1 Å². The van der Waals surface area contributed by atoms with E-state index in [1.165, 1.54) is 10.5 Å². The van der Waals surface area contributed by atoms with E-state index in [-0.39, 0.29) is 5.03 Å². The zero-order valence-corrected chi connectivity index (χ0v) is 13.3. The zero-order valence-electron chi connectivity index (χ0n) is 12.4. The summed E-state index contributed by atoms with van der Waals surface area (Å²) in [5, 5.41) is 0.0623. The lowest BCUT2D eigenvalue weighted by atomic mass is 10.2. The van der Waals surface area contributed by atoms with Crippen LogP contribution >= 0.6 is 0 Å². The van der Waals surface area contributed by atoms with Crippen molar-refractivity contribution in [2.24, 2.45) is 12.8 Å². The number of hydrogen-bond acceptors (Lipinski definition) is 4. The van der Waals surface area contributed by atoms with Gasteiger partial charge >= 0.3 is 0 Å². The fourth-order valence-electron chi connectivity index (χ4n) is 2.05. The van der Waals surface area contributed by atoms with Gasteiger partial charge in [0.25, 0.3) is 10.0 Å². The van der Waals surface area contributed by atoms with Crippen molar-refractivity contribution >= 4 is 15.7 Å². The molecular formula is C14H20N4O2S. The molecule has 0 aliphatic rings. The molecule has 0 saturated carbocycles. The third kappa shape index (κ3) is 2.93. The average molecular weight is 308 g/mol. The summed E-state index contributed by atoms with van der Waals surface area (Å²) in [6.07, 6.45) is 1.53. The minimum absolute atomic E-state index is 0.0623. The second kappa shape index (κ2) is 5.87. The Morgan fingerprint density at radius 1 is 1.29 bits per heavy atom. The van der Waals surface area contributed by atoms with Crippen LogP contribution in [0.15, 0.2) is 35.5 Å². The Labute approximate surface area is 125 Å². The molecule has 7 heteroatoms. The van der Waals surface area contributed by atoms with E-state index in [0.29, 0.717) is 24.6 Å². The minimum Gasteiger partial charge on any atom is -0.337 e. The lowest BCUT2D eigenvalue weighted by molar-refractivity contribution is 0.588. The highest BCUT2D eigenvalue weighted by atomic mass is 32.2. The molecule has 1 aromatic carbocycles. The first-order valence-corrected chi connectivity index (χ1v) is 8.16. The molecule has 0 fully saturated rings. The summed E-state index contributed by atoms with van der Waals surface area (Å²) in [6, 6.07) is 7.19. The molecule has 0 bridgehead atoms. The number of anilines is 1. The van der Waals surface area contributed by atoms with Crippen LogP contribution in [0.2, 0.25) is 0 Å². The minimum atomic E-state index is -3.66. The van der Waals surface area contributed by atoms with Crippen molar-refractivity contribution in [3.8, 4) is 0 Å². The molecule has 2 rings (SSSR count). The first-order chi connectivity index (χ1) is 9.90. The fraction of sp³-hybridized carbons (Fsp3) is 0.357. The number of hydrogen-bond donors (Lipinski definition) is 1. The Hall–Kier alpha value is -1.86. The number of imidazole rings is 1. The SMILES string of the molecule is CCN(c1ccc(CN)cc1)S(=O)(=O)c1cn(C)c(C)n1. The van der Waals surface area contributed by atoms with Gasteiger partial charge in [-0.2, -0.15) is 8.42 Å². The summed E-state index contributed by atoms with van der Waals surface area (Å²) in [4.78, 5) is 4.12. The smallest absolute Gasteiger partial charge is 0.283 e. The summed E-state index contributed by atoms with van der Waals surface area (Å²) in [5.74, 6) is 0.656. The van der Waals surface area contributed by atoms with Gasteiger partial charge in [0.05, 0.1) is 5.69 Å². The highest BCUT2D eigenvalue weighted by Gasteiger charge is 2.26. The Kier molecular flexibility index (Phi) is 4.34. The lowest BCUT2D eigenvalue weighted by Crippen LogP contribution is -2.31.